The molecule has 0 bridgehead atoms. The van der Waals surface area contributed by atoms with E-state index in [-0.39, 0.29) is 0 Å². The summed E-state index contributed by atoms with van der Waals surface area (Å²) in [7, 11) is 0. The van der Waals surface area contributed by atoms with Gasteiger partial charge in [-0.15, -0.1) is 0 Å². The second-order valence-electron chi connectivity index (χ2n) is 1.18. The maximum Gasteiger partial charge on any atom is 0.0279 e. The van der Waals surface area contributed by atoms with Gasteiger partial charge in [-0.1, -0.05) is 33.8 Å². The smallest absolute Gasteiger partial charge is 0.0279 e. The summed E-state index contributed by atoms with van der Waals surface area (Å²) >= 11 is 0. The van der Waals surface area contributed by atoms with Crippen LogP contribution in [0.2, 0.25) is 0 Å². The topological polar surface area (TPSA) is 23.9 Å². The molecule has 0 aromatic heterocycles. The zero-order valence-electron chi connectivity index (χ0n) is 8.15. The van der Waals surface area contributed by atoms with Gasteiger partial charge in [0.2, 0.25) is 0 Å². The van der Waals surface area contributed by atoms with E-state index >= 15 is 0 Å². The third-order valence-electron chi connectivity index (χ3n) is 0.417. The van der Waals surface area contributed by atoms with Gasteiger partial charge in [-0.3, -0.25) is 0 Å². The van der Waals surface area contributed by atoms with Gasteiger partial charge in [0, 0.05) is 5.71 Å². The second kappa shape index (κ2) is 23.7. The Hall–Kier alpha value is -0.590. The molecule has 0 atom stereocenters. The Morgan fingerprint density at radius 2 is 1.40 bits per heavy atom. The summed E-state index contributed by atoms with van der Waals surface area (Å²) < 4.78 is 0. The molecule has 0 amide bonds. The highest BCUT2D eigenvalue weighted by Crippen LogP contribution is 1.70. The molecule has 0 spiro atoms. The van der Waals surface area contributed by atoms with Crippen LogP contribution in [0.25, 0.3) is 0 Å². The summed E-state index contributed by atoms with van der Waals surface area (Å²) in [5.41, 5.74) is 0.609. The summed E-state index contributed by atoms with van der Waals surface area (Å²) in [6.45, 7) is 11.7. The number of rotatable bonds is 1. The van der Waals surface area contributed by atoms with Gasteiger partial charge in [-0.25, -0.2) is 0 Å². The second-order valence-corrected chi connectivity index (χ2v) is 1.18. The van der Waals surface area contributed by atoms with Gasteiger partial charge in [0.05, 0.1) is 0 Å². The van der Waals surface area contributed by atoms with Gasteiger partial charge in [0.1, 0.15) is 0 Å². The van der Waals surface area contributed by atoms with E-state index in [0.29, 0.717) is 5.71 Å². The molecule has 1 heteroatoms. The molecule has 0 radical (unpaired) electrons. The van der Waals surface area contributed by atoms with Gasteiger partial charge >= 0.3 is 0 Å². The van der Waals surface area contributed by atoms with E-state index in [1.165, 1.54) is 0 Å². The first-order valence-corrected chi connectivity index (χ1v) is 3.95. The van der Waals surface area contributed by atoms with Crippen molar-refractivity contribution in [2.75, 3.05) is 0 Å². The standard InChI is InChI=1S/C5H9N.2C2H6/c1-3-4-5(2)6;2*1-2/h3-4,6H,1-2H3;2*1-2H3/b4-3-,6-5?;;. The van der Waals surface area contributed by atoms with Crippen molar-refractivity contribution in [2.45, 2.75) is 41.5 Å². The van der Waals surface area contributed by atoms with Gasteiger partial charge in [0.25, 0.3) is 0 Å². The number of nitrogens with one attached hydrogen (secondary N) is 1. The molecule has 0 aromatic rings. The summed E-state index contributed by atoms with van der Waals surface area (Å²) in [5.74, 6) is 0. The first kappa shape index (κ1) is 16.2. The van der Waals surface area contributed by atoms with Crippen molar-refractivity contribution in [3.63, 3.8) is 0 Å². The van der Waals surface area contributed by atoms with Gasteiger partial charge in [-0.05, 0) is 19.9 Å². The van der Waals surface area contributed by atoms with Crippen LogP contribution in [0.5, 0.6) is 0 Å². The van der Waals surface area contributed by atoms with E-state index in [9.17, 15) is 0 Å². The highest BCUT2D eigenvalue weighted by molar-refractivity contribution is 5.89. The summed E-state index contributed by atoms with van der Waals surface area (Å²) in [6.07, 6.45) is 3.60. The molecule has 0 aromatic carbocycles. The van der Waals surface area contributed by atoms with Crippen molar-refractivity contribution in [1.29, 1.82) is 5.41 Å². The minimum Gasteiger partial charge on any atom is -0.306 e. The molecular weight excluding hydrogens is 122 g/mol. The largest absolute Gasteiger partial charge is 0.306 e. The van der Waals surface area contributed by atoms with Crippen LogP contribution in [-0.4, -0.2) is 5.71 Å². The van der Waals surface area contributed by atoms with Crippen LogP contribution in [0.15, 0.2) is 12.2 Å². The van der Waals surface area contributed by atoms with Crippen LogP contribution < -0.4 is 0 Å². The normalized spacial score (nSPS) is 7.00. The average molecular weight is 143 g/mol. The fraction of sp³-hybridized carbons (Fsp3) is 0.667. The quantitative estimate of drug-likeness (QED) is 0.542. The van der Waals surface area contributed by atoms with E-state index in [0.717, 1.165) is 0 Å². The van der Waals surface area contributed by atoms with Crippen molar-refractivity contribution in [3.8, 4) is 0 Å². The van der Waals surface area contributed by atoms with Crippen molar-refractivity contribution in [1.82, 2.24) is 0 Å². The van der Waals surface area contributed by atoms with Crippen LogP contribution >= 0.6 is 0 Å². The highest BCUT2D eigenvalue weighted by Gasteiger charge is 1.66. The minimum absolute atomic E-state index is 0.609. The summed E-state index contributed by atoms with van der Waals surface area (Å²) in [4.78, 5) is 0. The van der Waals surface area contributed by atoms with E-state index in [1.807, 2.05) is 40.7 Å². The maximum atomic E-state index is 6.81. The lowest BCUT2D eigenvalue weighted by atomic mass is 10.4. The van der Waals surface area contributed by atoms with Crippen LogP contribution in [-0.2, 0) is 0 Å². The van der Waals surface area contributed by atoms with Gasteiger partial charge in [0.15, 0.2) is 0 Å². The molecule has 0 aliphatic carbocycles. The van der Waals surface area contributed by atoms with Crippen LogP contribution in [0.1, 0.15) is 41.5 Å². The molecule has 1 nitrogen and oxygen atoms in total. The third-order valence-corrected chi connectivity index (χ3v) is 0.417. The summed E-state index contributed by atoms with van der Waals surface area (Å²) in [5, 5.41) is 6.81. The van der Waals surface area contributed by atoms with E-state index in [1.54, 1.807) is 13.0 Å². The molecule has 10 heavy (non-hydrogen) atoms. The monoisotopic (exact) mass is 143 g/mol. The van der Waals surface area contributed by atoms with Crippen molar-refractivity contribution < 1.29 is 0 Å². The number of hydrogen-bond donors (Lipinski definition) is 1. The molecule has 0 saturated heterocycles. The molecule has 0 rings (SSSR count). The summed E-state index contributed by atoms with van der Waals surface area (Å²) in [6, 6.07) is 0. The zero-order chi connectivity index (χ0) is 8.99. The highest BCUT2D eigenvalue weighted by atomic mass is 14.4. The van der Waals surface area contributed by atoms with Crippen molar-refractivity contribution in [2.24, 2.45) is 0 Å². The van der Waals surface area contributed by atoms with Gasteiger partial charge in [-0.2, -0.15) is 0 Å². The molecule has 62 valence electrons. The average Bonchev–Trinajstić information content (AvgIpc) is 1.96. The molecule has 0 fully saturated rings. The van der Waals surface area contributed by atoms with Crippen LogP contribution in [0.4, 0.5) is 0 Å². The Bertz CT molecular complexity index is 72.8. The molecule has 0 aliphatic rings. The van der Waals surface area contributed by atoms with Crippen LogP contribution in [0.3, 0.4) is 0 Å². The Morgan fingerprint density at radius 1 is 1.10 bits per heavy atom. The first-order chi connectivity index (χ1) is 4.77. The van der Waals surface area contributed by atoms with E-state index < -0.39 is 0 Å². The maximum absolute atomic E-state index is 6.81. The Labute approximate surface area is 65.7 Å². The van der Waals surface area contributed by atoms with E-state index in [4.69, 9.17) is 5.41 Å². The Morgan fingerprint density at radius 3 is 1.40 bits per heavy atom. The van der Waals surface area contributed by atoms with E-state index in [2.05, 4.69) is 0 Å². The number of allylic oxidation sites excluding steroid dienone is 2. The lowest BCUT2D eigenvalue weighted by molar-refractivity contribution is 1.49. The fourth-order valence-corrected chi connectivity index (χ4v) is 0.250. The lowest BCUT2D eigenvalue weighted by Crippen LogP contribution is -1.74. The lowest BCUT2D eigenvalue weighted by Gasteiger charge is -1.73. The predicted octanol–water partition coefficient (Wildman–Crippen LogP) is 3.65. The molecule has 0 saturated carbocycles. The van der Waals surface area contributed by atoms with Crippen molar-refractivity contribution in [3.05, 3.63) is 12.2 Å². The Balaban J connectivity index is -0.000000105. The molecule has 1 N–H and O–H groups in total. The van der Waals surface area contributed by atoms with Crippen molar-refractivity contribution >= 4 is 5.71 Å². The minimum atomic E-state index is 0.609. The molecular formula is C9H21N. The number of hydrogen-bond acceptors (Lipinski definition) is 1. The molecule has 0 aliphatic heterocycles. The molecule has 0 heterocycles. The predicted molar refractivity (Wildman–Crippen MR) is 50.9 cm³/mol. The first-order valence-electron chi connectivity index (χ1n) is 3.95. The third kappa shape index (κ3) is 52.4. The SMILES string of the molecule is C/C=C\C(C)=N.CC.CC. The van der Waals surface area contributed by atoms with Crippen LogP contribution in [0, 0.1) is 5.41 Å². The zero-order valence-corrected chi connectivity index (χ0v) is 8.15. The molecule has 0 unspecified atom stereocenters. The van der Waals surface area contributed by atoms with Gasteiger partial charge < -0.3 is 5.41 Å². The Kier molecular flexibility index (Phi) is 38.5. The fourth-order valence-electron chi connectivity index (χ4n) is 0.250.